The van der Waals surface area contributed by atoms with Crippen molar-refractivity contribution in [2.24, 2.45) is 0 Å². The second-order valence-corrected chi connectivity index (χ2v) is 7.81. The van der Waals surface area contributed by atoms with Crippen LogP contribution in [0, 0.1) is 6.92 Å². The van der Waals surface area contributed by atoms with Gasteiger partial charge in [0.25, 0.3) is 5.91 Å². The van der Waals surface area contributed by atoms with Crippen LogP contribution in [0.15, 0.2) is 84.2 Å². The van der Waals surface area contributed by atoms with E-state index in [0.717, 1.165) is 10.6 Å². The summed E-state index contributed by atoms with van der Waals surface area (Å²) in [4.78, 5) is 29.7. The summed E-state index contributed by atoms with van der Waals surface area (Å²) < 4.78 is 5.46. The summed E-state index contributed by atoms with van der Waals surface area (Å²) in [6.45, 7) is 2.10. The molecule has 1 amide bonds. The van der Waals surface area contributed by atoms with Crippen LogP contribution in [0.25, 0.3) is 10.6 Å². The highest BCUT2D eigenvalue weighted by Crippen LogP contribution is 2.25. The lowest BCUT2D eigenvalue weighted by Crippen LogP contribution is -2.15. The number of carbonyl (C=O) groups is 2. The summed E-state index contributed by atoms with van der Waals surface area (Å²) in [7, 11) is 0. The van der Waals surface area contributed by atoms with Gasteiger partial charge in [0, 0.05) is 16.5 Å². The number of para-hydroxylation sites is 1. The van der Waals surface area contributed by atoms with Crippen LogP contribution in [0.5, 0.6) is 0 Å². The number of amides is 1. The molecule has 4 aromatic rings. The Morgan fingerprint density at radius 2 is 1.65 bits per heavy atom. The van der Waals surface area contributed by atoms with Crippen LogP contribution in [0.4, 0.5) is 5.69 Å². The minimum absolute atomic E-state index is 0.0577. The number of nitrogens with zero attached hydrogens (tertiary/aromatic N) is 1. The first-order valence-electron chi connectivity index (χ1n) is 9.74. The first kappa shape index (κ1) is 20.5. The van der Waals surface area contributed by atoms with Crippen molar-refractivity contribution in [2.75, 3.05) is 5.32 Å². The van der Waals surface area contributed by atoms with Crippen molar-refractivity contribution in [2.45, 2.75) is 13.5 Å². The van der Waals surface area contributed by atoms with Gasteiger partial charge < -0.3 is 10.1 Å². The fraction of sp³-hybridized carbons (Fsp3) is 0.0800. The second-order valence-electron chi connectivity index (χ2n) is 6.95. The minimum Gasteiger partial charge on any atom is -0.455 e. The Kier molecular flexibility index (Phi) is 6.19. The van der Waals surface area contributed by atoms with Gasteiger partial charge in [-0.1, -0.05) is 60.2 Å². The molecular formula is C25H20N2O3S. The van der Waals surface area contributed by atoms with Crippen LogP contribution in [0.2, 0.25) is 0 Å². The number of carbonyl (C=O) groups excluding carboxylic acids is 2. The third kappa shape index (κ3) is 5.05. The van der Waals surface area contributed by atoms with Gasteiger partial charge in [-0.2, -0.15) is 0 Å². The molecule has 0 atom stereocenters. The zero-order valence-electron chi connectivity index (χ0n) is 16.9. The largest absolute Gasteiger partial charge is 0.455 e. The molecule has 1 N–H and O–H groups in total. The van der Waals surface area contributed by atoms with E-state index in [1.165, 1.54) is 16.9 Å². The van der Waals surface area contributed by atoms with Gasteiger partial charge in [0.05, 0.1) is 16.9 Å². The van der Waals surface area contributed by atoms with Crippen LogP contribution in [0.1, 0.15) is 32.0 Å². The molecule has 6 heteroatoms. The molecule has 1 aromatic heterocycles. The summed E-state index contributed by atoms with van der Waals surface area (Å²) in [5.41, 5.74) is 4.10. The van der Waals surface area contributed by atoms with Crippen molar-refractivity contribution in [1.82, 2.24) is 4.98 Å². The summed E-state index contributed by atoms with van der Waals surface area (Å²) in [5, 5.41) is 5.54. The Labute approximate surface area is 184 Å². The Morgan fingerprint density at radius 3 is 2.42 bits per heavy atom. The number of benzene rings is 3. The highest BCUT2D eigenvalue weighted by molar-refractivity contribution is 7.13. The number of esters is 1. The molecule has 0 saturated heterocycles. The molecule has 5 nitrogen and oxygen atoms in total. The van der Waals surface area contributed by atoms with Crippen molar-refractivity contribution in [3.8, 4) is 10.6 Å². The maximum atomic E-state index is 12.7. The van der Waals surface area contributed by atoms with Crippen LogP contribution < -0.4 is 5.32 Å². The summed E-state index contributed by atoms with van der Waals surface area (Å²) >= 11 is 1.51. The molecule has 154 valence electrons. The summed E-state index contributed by atoms with van der Waals surface area (Å²) in [6, 6.07) is 23.7. The quantitative estimate of drug-likeness (QED) is 0.398. The van der Waals surface area contributed by atoms with Gasteiger partial charge in [0.15, 0.2) is 0 Å². The third-order valence-corrected chi connectivity index (χ3v) is 5.57. The lowest BCUT2D eigenvalue weighted by molar-refractivity contribution is 0.0469. The lowest BCUT2D eigenvalue weighted by atomic mass is 10.1. The number of ether oxygens (including phenoxy) is 1. The molecule has 1 heterocycles. The number of rotatable bonds is 6. The van der Waals surface area contributed by atoms with Gasteiger partial charge in [-0.05, 0) is 31.2 Å². The number of hydrogen-bond donors (Lipinski definition) is 1. The number of aromatic nitrogens is 1. The molecule has 0 aliphatic rings. The monoisotopic (exact) mass is 428 g/mol. The van der Waals surface area contributed by atoms with Crippen LogP contribution in [-0.2, 0) is 11.3 Å². The van der Waals surface area contributed by atoms with Gasteiger partial charge >= 0.3 is 5.97 Å². The van der Waals surface area contributed by atoms with E-state index >= 15 is 0 Å². The number of thiazole rings is 1. The van der Waals surface area contributed by atoms with Crippen molar-refractivity contribution < 1.29 is 14.3 Å². The van der Waals surface area contributed by atoms with E-state index in [-0.39, 0.29) is 12.5 Å². The number of aryl methyl sites for hydroxylation is 1. The van der Waals surface area contributed by atoms with E-state index in [1.54, 1.807) is 48.5 Å². The molecule has 0 bridgehead atoms. The molecule has 3 aromatic carbocycles. The molecule has 0 saturated carbocycles. The molecule has 0 spiro atoms. The zero-order chi connectivity index (χ0) is 21.6. The van der Waals surface area contributed by atoms with E-state index in [1.807, 2.05) is 42.6 Å². The van der Waals surface area contributed by atoms with Crippen molar-refractivity contribution in [3.63, 3.8) is 0 Å². The maximum Gasteiger partial charge on any atom is 0.340 e. The highest BCUT2D eigenvalue weighted by atomic mass is 32.1. The minimum atomic E-state index is -0.520. The third-order valence-electron chi connectivity index (χ3n) is 4.63. The molecule has 0 aliphatic carbocycles. The first-order valence-corrected chi connectivity index (χ1v) is 10.6. The van der Waals surface area contributed by atoms with Gasteiger partial charge in [0.1, 0.15) is 11.6 Å². The van der Waals surface area contributed by atoms with Crippen LogP contribution in [-0.4, -0.2) is 16.9 Å². The van der Waals surface area contributed by atoms with Crippen molar-refractivity contribution in [1.29, 1.82) is 0 Å². The van der Waals surface area contributed by atoms with Crippen LogP contribution in [0.3, 0.4) is 0 Å². The fourth-order valence-electron chi connectivity index (χ4n) is 2.97. The standard InChI is InChI=1S/C25H20N2O3S/c1-17-11-13-19(14-12-17)24-26-20(16-31-24)15-30-25(29)21-9-5-6-10-22(21)27-23(28)18-7-3-2-4-8-18/h2-14,16H,15H2,1H3,(H,27,28). The Hall–Kier alpha value is -3.77. The lowest BCUT2D eigenvalue weighted by Gasteiger charge is -2.10. The molecular weight excluding hydrogens is 408 g/mol. The maximum absolute atomic E-state index is 12.7. The first-order chi connectivity index (χ1) is 15.1. The average molecular weight is 429 g/mol. The molecule has 0 radical (unpaired) electrons. The SMILES string of the molecule is Cc1ccc(-c2nc(COC(=O)c3ccccc3NC(=O)c3ccccc3)cs2)cc1. The summed E-state index contributed by atoms with van der Waals surface area (Å²) in [5.74, 6) is -0.808. The summed E-state index contributed by atoms with van der Waals surface area (Å²) in [6.07, 6.45) is 0. The van der Waals surface area contributed by atoms with E-state index in [2.05, 4.69) is 10.3 Å². The highest BCUT2D eigenvalue weighted by Gasteiger charge is 2.16. The molecule has 0 unspecified atom stereocenters. The van der Waals surface area contributed by atoms with Gasteiger partial charge in [0.2, 0.25) is 0 Å². The topological polar surface area (TPSA) is 68.3 Å². The predicted molar refractivity (Wildman–Crippen MR) is 122 cm³/mol. The zero-order valence-corrected chi connectivity index (χ0v) is 17.7. The number of hydrogen-bond acceptors (Lipinski definition) is 5. The van der Waals surface area contributed by atoms with E-state index in [9.17, 15) is 9.59 Å². The van der Waals surface area contributed by atoms with Crippen molar-refractivity contribution in [3.05, 3.63) is 107 Å². The van der Waals surface area contributed by atoms with Crippen LogP contribution >= 0.6 is 11.3 Å². The Bertz CT molecular complexity index is 1200. The second kappa shape index (κ2) is 9.36. The normalized spacial score (nSPS) is 10.5. The Morgan fingerprint density at radius 1 is 0.935 bits per heavy atom. The number of nitrogens with one attached hydrogen (secondary N) is 1. The Balaban J connectivity index is 1.43. The van der Waals surface area contributed by atoms with E-state index < -0.39 is 5.97 Å². The molecule has 0 aliphatic heterocycles. The molecule has 0 fully saturated rings. The smallest absolute Gasteiger partial charge is 0.340 e. The molecule has 31 heavy (non-hydrogen) atoms. The fourth-order valence-corrected chi connectivity index (χ4v) is 3.78. The molecule has 4 rings (SSSR count). The number of anilines is 1. The predicted octanol–water partition coefficient (Wildman–Crippen LogP) is 5.73. The van der Waals surface area contributed by atoms with Gasteiger partial charge in [-0.25, -0.2) is 9.78 Å². The van der Waals surface area contributed by atoms with E-state index in [0.29, 0.717) is 22.5 Å². The van der Waals surface area contributed by atoms with Gasteiger partial charge in [-0.15, -0.1) is 11.3 Å². The van der Waals surface area contributed by atoms with E-state index in [4.69, 9.17) is 4.74 Å². The van der Waals surface area contributed by atoms with Crippen molar-refractivity contribution >= 4 is 28.9 Å². The average Bonchev–Trinajstić information content (AvgIpc) is 3.28. The van der Waals surface area contributed by atoms with Gasteiger partial charge in [-0.3, -0.25) is 4.79 Å².